The molecule has 0 atom stereocenters. The van der Waals surface area contributed by atoms with Crippen molar-refractivity contribution in [3.63, 3.8) is 0 Å². The Morgan fingerprint density at radius 3 is 2.58 bits per heavy atom. The highest BCUT2D eigenvalue weighted by atomic mass is 32.1. The highest BCUT2D eigenvalue weighted by Gasteiger charge is 2.08. The minimum atomic E-state index is -0.955. The predicted molar refractivity (Wildman–Crippen MR) is 102 cm³/mol. The summed E-state index contributed by atoms with van der Waals surface area (Å²) in [6.07, 6.45) is 6.87. The third-order valence-electron chi connectivity index (χ3n) is 3.73. The molecule has 0 unspecified atom stereocenters. The standard InChI is InChI=1S/C20H18N2O3S/c1-13-9-15(6-7-18-22-11-17(26-18)20(23)24)10-14(2)19(13)25-12-16-5-3-4-8-21-16/h3-11H,12H2,1-2H3,(H,23,24)/b7-6-. The van der Waals surface area contributed by atoms with E-state index in [2.05, 4.69) is 9.97 Å². The van der Waals surface area contributed by atoms with Gasteiger partial charge in [0.1, 0.15) is 22.2 Å². The van der Waals surface area contributed by atoms with Crippen LogP contribution in [0.3, 0.4) is 0 Å². The van der Waals surface area contributed by atoms with Gasteiger partial charge < -0.3 is 9.84 Å². The molecule has 2 heterocycles. The van der Waals surface area contributed by atoms with Crippen LogP contribution in [-0.4, -0.2) is 21.0 Å². The third-order valence-corrected chi connectivity index (χ3v) is 4.68. The largest absolute Gasteiger partial charge is 0.487 e. The van der Waals surface area contributed by atoms with Gasteiger partial charge in [-0.05, 0) is 60.9 Å². The second-order valence-corrected chi connectivity index (χ2v) is 6.86. The Balaban J connectivity index is 1.73. The molecular formula is C20H18N2O3S. The van der Waals surface area contributed by atoms with Crippen molar-refractivity contribution >= 4 is 29.5 Å². The maximum atomic E-state index is 10.9. The van der Waals surface area contributed by atoms with Gasteiger partial charge in [-0.1, -0.05) is 12.1 Å². The number of hydrogen-bond acceptors (Lipinski definition) is 5. The van der Waals surface area contributed by atoms with Crippen molar-refractivity contribution in [3.05, 3.63) is 75.0 Å². The lowest BCUT2D eigenvalue weighted by Crippen LogP contribution is -2.01. The van der Waals surface area contributed by atoms with Crippen LogP contribution in [0.4, 0.5) is 0 Å². The average Bonchev–Trinajstić information content (AvgIpc) is 3.09. The molecule has 1 aromatic carbocycles. The number of nitrogens with zero attached hydrogens (tertiary/aromatic N) is 2. The molecule has 2 aromatic heterocycles. The number of benzene rings is 1. The Morgan fingerprint density at radius 1 is 1.19 bits per heavy atom. The maximum absolute atomic E-state index is 10.9. The van der Waals surface area contributed by atoms with Gasteiger partial charge in [0, 0.05) is 6.20 Å². The third kappa shape index (κ3) is 4.34. The molecule has 5 nitrogen and oxygen atoms in total. The number of ether oxygens (including phenoxy) is 1. The highest BCUT2D eigenvalue weighted by molar-refractivity contribution is 7.14. The van der Waals surface area contributed by atoms with Gasteiger partial charge in [-0.25, -0.2) is 9.78 Å². The van der Waals surface area contributed by atoms with E-state index >= 15 is 0 Å². The van der Waals surface area contributed by atoms with E-state index in [4.69, 9.17) is 9.84 Å². The van der Waals surface area contributed by atoms with E-state index in [0.29, 0.717) is 11.6 Å². The lowest BCUT2D eigenvalue weighted by Gasteiger charge is -2.13. The number of thiazole rings is 1. The van der Waals surface area contributed by atoms with Crippen LogP contribution >= 0.6 is 11.3 Å². The molecular weight excluding hydrogens is 348 g/mol. The Bertz CT molecular complexity index is 926. The number of rotatable bonds is 6. The maximum Gasteiger partial charge on any atom is 0.347 e. The zero-order valence-corrected chi connectivity index (χ0v) is 15.3. The summed E-state index contributed by atoms with van der Waals surface area (Å²) in [5.74, 6) is -0.0986. The number of pyridine rings is 1. The van der Waals surface area contributed by atoms with Crippen LogP contribution in [0.25, 0.3) is 12.2 Å². The SMILES string of the molecule is Cc1cc(/C=C\c2ncc(C(=O)O)s2)cc(C)c1OCc1ccccn1. The van der Waals surface area contributed by atoms with Gasteiger partial charge >= 0.3 is 5.97 Å². The molecule has 1 N–H and O–H groups in total. The summed E-state index contributed by atoms with van der Waals surface area (Å²) < 4.78 is 5.94. The van der Waals surface area contributed by atoms with E-state index in [1.807, 2.05) is 56.3 Å². The van der Waals surface area contributed by atoms with E-state index < -0.39 is 5.97 Å². The minimum Gasteiger partial charge on any atom is -0.487 e. The van der Waals surface area contributed by atoms with E-state index in [1.165, 1.54) is 6.20 Å². The van der Waals surface area contributed by atoms with Crippen molar-refractivity contribution in [2.24, 2.45) is 0 Å². The molecule has 3 rings (SSSR count). The van der Waals surface area contributed by atoms with E-state index in [-0.39, 0.29) is 4.88 Å². The summed E-state index contributed by atoms with van der Waals surface area (Å²) in [6, 6.07) is 9.81. The first kappa shape index (κ1) is 17.8. The van der Waals surface area contributed by atoms with Gasteiger partial charge in [-0.2, -0.15) is 0 Å². The Hall–Kier alpha value is -2.99. The molecule has 0 radical (unpaired) electrons. The lowest BCUT2D eigenvalue weighted by atomic mass is 10.1. The second-order valence-electron chi connectivity index (χ2n) is 5.79. The van der Waals surface area contributed by atoms with Gasteiger partial charge in [0.15, 0.2) is 0 Å². The number of hydrogen-bond donors (Lipinski definition) is 1. The van der Waals surface area contributed by atoms with E-state index in [9.17, 15) is 4.79 Å². The Labute approximate surface area is 155 Å². The van der Waals surface area contributed by atoms with Crippen molar-refractivity contribution in [2.45, 2.75) is 20.5 Å². The van der Waals surface area contributed by atoms with Gasteiger partial charge in [0.25, 0.3) is 0 Å². The fourth-order valence-electron chi connectivity index (χ4n) is 2.57. The molecule has 0 aliphatic carbocycles. The molecule has 0 aliphatic rings. The molecule has 0 amide bonds. The van der Waals surface area contributed by atoms with Crippen molar-refractivity contribution in [1.82, 2.24) is 9.97 Å². The summed E-state index contributed by atoms with van der Waals surface area (Å²) in [5, 5.41) is 9.61. The lowest BCUT2D eigenvalue weighted by molar-refractivity contribution is 0.0702. The topological polar surface area (TPSA) is 72.3 Å². The van der Waals surface area contributed by atoms with Crippen LogP contribution in [-0.2, 0) is 6.61 Å². The zero-order chi connectivity index (χ0) is 18.5. The molecule has 0 saturated carbocycles. The molecule has 6 heteroatoms. The smallest absolute Gasteiger partial charge is 0.347 e. The molecule has 3 aromatic rings. The summed E-state index contributed by atoms with van der Waals surface area (Å²) in [6.45, 7) is 4.43. The van der Waals surface area contributed by atoms with Crippen LogP contribution in [0.2, 0.25) is 0 Å². The van der Waals surface area contributed by atoms with Gasteiger partial charge in [0.2, 0.25) is 0 Å². The molecule has 0 saturated heterocycles. The molecule has 0 fully saturated rings. The van der Waals surface area contributed by atoms with Gasteiger partial charge in [0.05, 0.1) is 11.9 Å². The van der Waals surface area contributed by atoms with E-state index in [1.54, 1.807) is 6.20 Å². The molecule has 0 aliphatic heterocycles. The molecule has 0 spiro atoms. The summed E-state index contributed by atoms with van der Waals surface area (Å²) in [4.78, 5) is 19.5. The second kappa shape index (κ2) is 7.93. The number of aryl methyl sites for hydroxylation is 2. The van der Waals surface area contributed by atoms with Crippen molar-refractivity contribution in [3.8, 4) is 5.75 Å². The van der Waals surface area contributed by atoms with Crippen LogP contribution < -0.4 is 4.74 Å². The average molecular weight is 366 g/mol. The number of aromatic nitrogens is 2. The summed E-state index contributed by atoms with van der Waals surface area (Å²) in [7, 11) is 0. The summed E-state index contributed by atoms with van der Waals surface area (Å²) >= 11 is 1.15. The van der Waals surface area contributed by atoms with Crippen molar-refractivity contribution in [2.75, 3.05) is 0 Å². The van der Waals surface area contributed by atoms with E-state index in [0.717, 1.165) is 39.5 Å². The Kier molecular flexibility index (Phi) is 5.43. The van der Waals surface area contributed by atoms with Crippen LogP contribution in [0.1, 0.15) is 37.1 Å². The van der Waals surface area contributed by atoms with Crippen LogP contribution in [0, 0.1) is 13.8 Å². The van der Waals surface area contributed by atoms with Crippen molar-refractivity contribution < 1.29 is 14.6 Å². The first-order valence-corrected chi connectivity index (χ1v) is 8.86. The number of carbonyl (C=O) groups is 1. The van der Waals surface area contributed by atoms with Gasteiger partial charge in [-0.3, -0.25) is 4.98 Å². The first-order valence-electron chi connectivity index (χ1n) is 8.04. The first-order chi connectivity index (χ1) is 12.5. The zero-order valence-electron chi connectivity index (χ0n) is 14.5. The molecule has 26 heavy (non-hydrogen) atoms. The quantitative estimate of drug-likeness (QED) is 0.690. The molecule has 132 valence electrons. The van der Waals surface area contributed by atoms with Crippen LogP contribution in [0.5, 0.6) is 5.75 Å². The highest BCUT2D eigenvalue weighted by Crippen LogP contribution is 2.27. The predicted octanol–water partition coefficient (Wildman–Crippen LogP) is 4.60. The van der Waals surface area contributed by atoms with Crippen molar-refractivity contribution in [1.29, 1.82) is 0 Å². The Morgan fingerprint density at radius 2 is 1.96 bits per heavy atom. The van der Waals surface area contributed by atoms with Crippen LogP contribution in [0.15, 0.2) is 42.7 Å². The summed E-state index contributed by atoms with van der Waals surface area (Å²) in [5.41, 5.74) is 3.96. The number of carboxylic acids is 1. The van der Waals surface area contributed by atoms with Gasteiger partial charge in [-0.15, -0.1) is 11.3 Å². The normalized spacial score (nSPS) is 11.0. The monoisotopic (exact) mass is 366 g/mol. The minimum absolute atomic E-state index is 0.232. The molecule has 0 bridgehead atoms. The number of aromatic carboxylic acids is 1. The fraction of sp³-hybridized carbons (Fsp3) is 0.150. The number of carboxylic acid groups (broad SMARTS) is 1. The fourth-order valence-corrected chi connectivity index (χ4v) is 3.23.